The van der Waals surface area contributed by atoms with E-state index in [-0.39, 0.29) is 18.2 Å². The lowest BCUT2D eigenvalue weighted by molar-refractivity contribution is -0.121. The van der Waals surface area contributed by atoms with Gasteiger partial charge >= 0.3 is 0 Å². The van der Waals surface area contributed by atoms with Crippen LogP contribution in [0.1, 0.15) is 23.2 Å². The number of carbonyl (C=O) groups is 2. The van der Waals surface area contributed by atoms with Crippen LogP contribution in [0.3, 0.4) is 0 Å². The lowest BCUT2D eigenvalue weighted by Gasteiger charge is -2.25. The number of nitrogens with zero attached hydrogens (tertiary/aromatic N) is 1. The highest BCUT2D eigenvalue weighted by molar-refractivity contribution is 14.1. The summed E-state index contributed by atoms with van der Waals surface area (Å²) in [5.41, 5.74) is 0.662. The van der Waals surface area contributed by atoms with Gasteiger partial charge in [0.1, 0.15) is 0 Å². The van der Waals surface area contributed by atoms with Crippen LogP contribution in [0.15, 0.2) is 24.3 Å². The summed E-state index contributed by atoms with van der Waals surface area (Å²) in [6, 6.07) is 7.42. The number of amides is 1. The normalized spacial score (nSPS) is 16.3. The summed E-state index contributed by atoms with van der Waals surface area (Å²) in [6.07, 6.45) is 1.39. The number of rotatable bonds is 1. The van der Waals surface area contributed by atoms with Crippen molar-refractivity contribution in [3.8, 4) is 0 Å². The van der Waals surface area contributed by atoms with Crippen molar-refractivity contribution >= 4 is 34.3 Å². The Morgan fingerprint density at radius 2 is 1.94 bits per heavy atom. The van der Waals surface area contributed by atoms with Gasteiger partial charge in [-0.1, -0.05) is 0 Å². The monoisotopic (exact) mass is 329 g/mol. The van der Waals surface area contributed by atoms with Crippen molar-refractivity contribution in [1.82, 2.24) is 4.90 Å². The molecule has 2 rings (SSSR count). The van der Waals surface area contributed by atoms with Gasteiger partial charge in [0.2, 0.25) is 0 Å². The molecule has 3 nitrogen and oxygen atoms in total. The van der Waals surface area contributed by atoms with Crippen LogP contribution in [0.5, 0.6) is 0 Å². The first-order valence-electron chi connectivity index (χ1n) is 5.23. The molecule has 4 heteroatoms. The van der Waals surface area contributed by atoms with E-state index in [1.807, 2.05) is 24.3 Å². The lowest BCUT2D eigenvalue weighted by atomic mass is 10.1. The van der Waals surface area contributed by atoms with Gasteiger partial charge in [-0.05, 0) is 53.3 Å². The average molecular weight is 329 g/mol. The molecule has 0 N–H and O–H groups in total. The Balaban J connectivity index is 2.12. The Bertz CT molecular complexity index is 414. The van der Waals surface area contributed by atoms with E-state index in [0.717, 1.165) is 9.99 Å². The van der Waals surface area contributed by atoms with E-state index >= 15 is 0 Å². The molecule has 1 saturated heterocycles. The number of carbonyl (C=O) groups excluding carboxylic acids is 2. The highest BCUT2D eigenvalue weighted by atomic mass is 127. The maximum atomic E-state index is 12.0. The van der Waals surface area contributed by atoms with Gasteiger partial charge in [0.15, 0.2) is 5.78 Å². The zero-order chi connectivity index (χ0) is 11.5. The molecule has 16 heavy (non-hydrogen) atoms. The number of likely N-dealkylation sites (tertiary alicyclic amines) is 1. The predicted molar refractivity (Wildman–Crippen MR) is 69.3 cm³/mol. The van der Waals surface area contributed by atoms with E-state index < -0.39 is 0 Å². The molecule has 0 spiro atoms. The fourth-order valence-electron chi connectivity index (χ4n) is 1.79. The van der Waals surface area contributed by atoms with Crippen LogP contribution >= 0.6 is 22.6 Å². The zero-order valence-electron chi connectivity index (χ0n) is 8.78. The van der Waals surface area contributed by atoms with Gasteiger partial charge in [0.25, 0.3) is 5.91 Å². The molecule has 0 bridgehead atoms. The summed E-state index contributed by atoms with van der Waals surface area (Å²) in [7, 11) is 0. The molecule has 1 aliphatic heterocycles. The van der Waals surface area contributed by atoms with E-state index in [1.165, 1.54) is 0 Å². The Morgan fingerprint density at radius 1 is 1.25 bits per heavy atom. The number of Topliss-reactive ketones (excluding diaryl/α,β-unsaturated/α-hetero) is 1. The second-order valence-corrected chi connectivity index (χ2v) is 5.12. The van der Waals surface area contributed by atoms with Crippen LogP contribution in [0.4, 0.5) is 0 Å². The standard InChI is InChI=1S/C12H12INO2/c13-10-5-3-9(4-6-10)12(16)14-7-1-2-11(15)8-14/h3-6H,1-2,7-8H2. The SMILES string of the molecule is O=C1CCCN(C(=O)c2ccc(I)cc2)C1. The highest BCUT2D eigenvalue weighted by Gasteiger charge is 2.22. The molecule has 1 heterocycles. The number of hydrogen-bond donors (Lipinski definition) is 0. The molecular weight excluding hydrogens is 317 g/mol. The Kier molecular flexibility index (Phi) is 3.58. The van der Waals surface area contributed by atoms with Gasteiger partial charge < -0.3 is 4.90 Å². The molecule has 1 aliphatic rings. The highest BCUT2D eigenvalue weighted by Crippen LogP contribution is 2.13. The van der Waals surface area contributed by atoms with E-state index in [1.54, 1.807) is 4.90 Å². The molecule has 1 amide bonds. The number of hydrogen-bond acceptors (Lipinski definition) is 2. The molecule has 0 unspecified atom stereocenters. The first-order chi connectivity index (χ1) is 7.66. The molecule has 1 aromatic rings. The zero-order valence-corrected chi connectivity index (χ0v) is 10.9. The van der Waals surface area contributed by atoms with Gasteiger partial charge in [0.05, 0.1) is 6.54 Å². The Morgan fingerprint density at radius 3 is 2.56 bits per heavy atom. The van der Waals surface area contributed by atoms with Crippen LogP contribution in [0.2, 0.25) is 0 Å². The molecule has 1 fully saturated rings. The average Bonchev–Trinajstić information content (AvgIpc) is 2.29. The molecule has 0 aromatic heterocycles. The summed E-state index contributed by atoms with van der Waals surface area (Å²) < 4.78 is 1.10. The lowest BCUT2D eigenvalue weighted by Crippen LogP contribution is -2.40. The van der Waals surface area contributed by atoms with Gasteiger partial charge in [-0.3, -0.25) is 9.59 Å². The summed E-state index contributed by atoms with van der Waals surface area (Å²) >= 11 is 2.20. The third-order valence-corrected chi connectivity index (χ3v) is 3.35. The summed E-state index contributed by atoms with van der Waals surface area (Å²) in [5, 5.41) is 0. The van der Waals surface area contributed by atoms with Crippen LogP contribution in [-0.4, -0.2) is 29.7 Å². The van der Waals surface area contributed by atoms with E-state index in [0.29, 0.717) is 18.5 Å². The summed E-state index contributed by atoms with van der Waals surface area (Å²) in [6.45, 7) is 0.960. The third kappa shape index (κ3) is 2.61. The minimum atomic E-state index is -0.0375. The molecule has 0 atom stereocenters. The third-order valence-electron chi connectivity index (χ3n) is 2.63. The molecule has 84 valence electrons. The van der Waals surface area contributed by atoms with E-state index in [4.69, 9.17) is 0 Å². The van der Waals surface area contributed by atoms with Crippen molar-refractivity contribution in [3.63, 3.8) is 0 Å². The number of ketones is 1. The predicted octanol–water partition coefficient (Wildman–Crippen LogP) is 2.10. The van der Waals surface area contributed by atoms with Gasteiger partial charge in [-0.25, -0.2) is 0 Å². The molecule has 0 radical (unpaired) electrons. The fraction of sp³-hybridized carbons (Fsp3) is 0.333. The molecule has 0 aliphatic carbocycles. The van der Waals surface area contributed by atoms with Crippen molar-refractivity contribution in [2.45, 2.75) is 12.8 Å². The minimum Gasteiger partial charge on any atom is -0.331 e. The molecule has 1 aromatic carbocycles. The smallest absolute Gasteiger partial charge is 0.254 e. The molecule has 0 saturated carbocycles. The van der Waals surface area contributed by atoms with Crippen molar-refractivity contribution in [1.29, 1.82) is 0 Å². The van der Waals surface area contributed by atoms with E-state index in [2.05, 4.69) is 22.6 Å². The second kappa shape index (κ2) is 4.95. The topological polar surface area (TPSA) is 37.4 Å². The Hall–Kier alpha value is -0.910. The van der Waals surface area contributed by atoms with Crippen molar-refractivity contribution in [2.75, 3.05) is 13.1 Å². The summed E-state index contributed by atoms with van der Waals surface area (Å²) in [5.74, 6) is 0.120. The largest absolute Gasteiger partial charge is 0.331 e. The van der Waals surface area contributed by atoms with Crippen molar-refractivity contribution in [2.24, 2.45) is 0 Å². The van der Waals surface area contributed by atoms with E-state index in [9.17, 15) is 9.59 Å². The fourth-order valence-corrected chi connectivity index (χ4v) is 2.15. The van der Waals surface area contributed by atoms with Crippen LogP contribution in [0, 0.1) is 3.57 Å². The number of halogens is 1. The van der Waals surface area contributed by atoms with Gasteiger partial charge in [0, 0.05) is 22.1 Å². The first-order valence-corrected chi connectivity index (χ1v) is 6.31. The number of piperidine rings is 1. The van der Waals surface area contributed by atoms with Gasteiger partial charge in [-0.2, -0.15) is 0 Å². The molecular formula is C12H12INO2. The van der Waals surface area contributed by atoms with Crippen molar-refractivity contribution < 1.29 is 9.59 Å². The van der Waals surface area contributed by atoms with Gasteiger partial charge in [-0.15, -0.1) is 0 Å². The van der Waals surface area contributed by atoms with Crippen LogP contribution in [-0.2, 0) is 4.79 Å². The first kappa shape index (κ1) is 11.6. The van der Waals surface area contributed by atoms with Crippen molar-refractivity contribution in [3.05, 3.63) is 33.4 Å². The van der Waals surface area contributed by atoms with Crippen LogP contribution in [0.25, 0.3) is 0 Å². The second-order valence-electron chi connectivity index (χ2n) is 3.88. The minimum absolute atomic E-state index is 0.0375. The maximum Gasteiger partial charge on any atom is 0.254 e. The van der Waals surface area contributed by atoms with Crippen LogP contribution < -0.4 is 0 Å². The Labute approximate surface area is 108 Å². The summed E-state index contributed by atoms with van der Waals surface area (Å²) in [4.78, 5) is 24.9. The maximum absolute atomic E-state index is 12.0. The quantitative estimate of drug-likeness (QED) is 0.740. The number of benzene rings is 1.